The molecule has 3 rings (SSSR count). The maximum atomic E-state index is 11.2. The van der Waals surface area contributed by atoms with Gasteiger partial charge in [-0.25, -0.2) is 4.68 Å². The minimum Gasteiger partial charge on any atom is -0.543 e. The van der Waals surface area contributed by atoms with Crippen molar-refractivity contribution in [3.8, 4) is 22.8 Å². The van der Waals surface area contributed by atoms with Crippen molar-refractivity contribution in [3.63, 3.8) is 0 Å². The van der Waals surface area contributed by atoms with Crippen LogP contribution >= 0.6 is 0 Å². The molecule has 1 heterocycles. The van der Waals surface area contributed by atoms with Crippen molar-refractivity contribution < 1.29 is 13.8 Å². The first kappa shape index (κ1) is 30.6. The quantitative estimate of drug-likeness (QED) is 0.147. The molecule has 0 fully saturated rings. The van der Waals surface area contributed by atoms with Gasteiger partial charge in [0.2, 0.25) is 8.32 Å². The smallest absolute Gasteiger partial charge is 0.269 e. The Bertz CT molecular complexity index is 1340. The number of aryl methyl sites for hydroxylation is 1. The molecule has 0 radical (unpaired) electrons. The minimum atomic E-state index is -2.19. The number of benzene rings is 2. The molecule has 0 aliphatic heterocycles. The maximum absolute atomic E-state index is 11.2. The van der Waals surface area contributed by atoms with Gasteiger partial charge in [-0.1, -0.05) is 65.8 Å². The summed E-state index contributed by atoms with van der Waals surface area (Å²) in [7, 11) is -4.27. The van der Waals surface area contributed by atoms with Gasteiger partial charge >= 0.3 is 0 Å². The number of hydrogen-bond acceptors (Lipinski definition) is 6. The molecule has 0 saturated heterocycles. The van der Waals surface area contributed by atoms with E-state index in [0.29, 0.717) is 12.2 Å². The molecule has 3 aromatic rings. The first-order valence-corrected chi connectivity index (χ1v) is 19.3. The normalized spacial score (nSPS) is 12.9. The molecule has 0 spiro atoms. The molecule has 8 nitrogen and oxygen atoms in total. The highest BCUT2D eigenvalue weighted by Crippen LogP contribution is 2.44. The average Bonchev–Trinajstić information content (AvgIpc) is 3.25. The van der Waals surface area contributed by atoms with E-state index < -0.39 is 16.6 Å². The van der Waals surface area contributed by atoms with E-state index in [9.17, 15) is 10.1 Å². The van der Waals surface area contributed by atoms with Crippen LogP contribution < -0.4 is 8.85 Å². The summed E-state index contributed by atoms with van der Waals surface area (Å²) in [5, 5.41) is 20.1. The minimum absolute atomic E-state index is 0.00772. The second-order valence-corrected chi connectivity index (χ2v) is 22.7. The Labute approximate surface area is 235 Å². The van der Waals surface area contributed by atoms with Gasteiger partial charge in [0, 0.05) is 23.8 Å². The third-order valence-corrected chi connectivity index (χ3v) is 16.9. The number of nitro benzene ring substituents is 1. The highest BCUT2D eigenvalue weighted by molar-refractivity contribution is 6.75. The number of rotatable bonds is 9. The molecule has 212 valence electrons. The van der Waals surface area contributed by atoms with Crippen LogP contribution in [0.2, 0.25) is 36.3 Å². The van der Waals surface area contributed by atoms with Crippen molar-refractivity contribution >= 4 is 22.3 Å². The van der Waals surface area contributed by atoms with Gasteiger partial charge in [-0.2, -0.15) is 0 Å². The van der Waals surface area contributed by atoms with Crippen LogP contribution in [0, 0.1) is 10.1 Å². The fourth-order valence-electron chi connectivity index (χ4n) is 3.57. The number of nitrogens with zero attached hydrogens (tertiary/aromatic N) is 4. The Hall–Kier alpha value is -2.99. The van der Waals surface area contributed by atoms with Crippen LogP contribution in [-0.2, 0) is 13.0 Å². The molecule has 0 atom stereocenters. The van der Waals surface area contributed by atoms with Gasteiger partial charge in [-0.15, -0.1) is 5.10 Å². The van der Waals surface area contributed by atoms with Crippen LogP contribution in [0.5, 0.6) is 11.5 Å². The predicted octanol–water partition coefficient (Wildman–Crippen LogP) is 8.23. The van der Waals surface area contributed by atoms with Gasteiger partial charge < -0.3 is 8.85 Å². The summed E-state index contributed by atoms with van der Waals surface area (Å²) in [5.74, 6) is 1.64. The summed E-state index contributed by atoms with van der Waals surface area (Å²) < 4.78 is 15.4. The third-order valence-electron chi connectivity index (χ3n) is 8.17. The molecule has 0 amide bonds. The average molecular weight is 569 g/mol. The molecule has 0 bridgehead atoms. The predicted molar refractivity (Wildman–Crippen MR) is 163 cm³/mol. The first-order valence-electron chi connectivity index (χ1n) is 13.5. The number of nitro groups is 1. The zero-order valence-corrected chi connectivity index (χ0v) is 27.4. The Morgan fingerprint density at radius 3 is 2.05 bits per heavy atom. The lowest BCUT2D eigenvalue weighted by molar-refractivity contribution is -0.384. The van der Waals surface area contributed by atoms with Gasteiger partial charge in [0.1, 0.15) is 17.2 Å². The van der Waals surface area contributed by atoms with E-state index in [1.807, 2.05) is 12.3 Å². The lowest BCUT2D eigenvalue weighted by atomic mass is 10.0. The molecule has 10 heteroatoms. The molecule has 0 N–H and O–H groups in total. The SMILES string of the molecule is CCc1cc(-c2cn(Cc3cccc([N+](=O)[O-])c3)nn2)c(O[Si](C)(C)C(C)(C)C)cc1O[Si](C)(C)C(C)(C)C. The van der Waals surface area contributed by atoms with E-state index in [4.69, 9.17) is 8.85 Å². The second kappa shape index (κ2) is 10.9. The first-order chi connectivity index (χ1) is 17.8. The van der Waals surface area contributed by atoms with Crippen LogP contribution in [0.4, 0.5) is 5.69 Å². The van der Waals surface area contributed by atoms with Gasteiger partial charge in [0.05, 0.1) is 17.7 Å². The Morgan fingerprint density at radius 1 is 0.923 bits per heavy atom. The Morgan fingerprint density at radius 2 is 1.51 bits per heavy atom. The van der Waals surface area contributed by atoms with E-state index in [2.05, 4.69) is 97.1 Å². The molecule has 0 unspecified atom stereocenters. The molecule has 1 aromatic heterocycles. The van der Waals surface area contributed by atoms with E-state index in [1.54, 1.807) is 16.8 Å². The van der Waals surface area contributed by atoms with E-state index in [-0.39, 0.29) is 20.7 Å². The molecular weight excluding hydrogens is 525 g/mol. The van der Waals surface area contributed by atoms with Crippen molar-refractivity contribution in [3.05, 3.63) is 63.8 Å². The Kier molecular flexibility index (Phi) is 8.52. The van der Waals surface area contributed by atoms with Gasteiger partial charge in [-0.05, 0) is 59.9 Å². The molecule has 2 aromatic carbocycles. The van der Waals surface area contributed by atoms with Crippen molar-refractivity contribution in [2.75, 3.05) is 0 Å². The third kappa shape index (κ3) is 6.97. The highest BCUT2D eigenvalue weighted by Gasteiger charge is 2.41. The fourth-order valence-corrected chi connectivity index (χ4v) is 5.64. The molecule has 0 saturated carbocycles. The van der Waals surface area contributed by atoms with Gasteiger partial charge in [0.25, 0.3) is 14.0 Å². The topological polar surface area (TPSA) is 92.3 Å². The molecule has 0 aliphatic rings. The highest BCUT2D eigenvalue weighted by atomic mass is 28.4. The van der Waals surface area contributed by atoms with Gasteiger partial charge in [0.15, 0.2) is 0 Å². The zero-order valence-electron chi connectivity index (χ0n) is 25.4. The Balaban J connectivity index is 2.09. The second-order valence-electron chi connectivity index (χ2n) is 13.3. The van der Waals surface area contributed by atoms with Crippen LogP contribution in [-0.4, -0.2) is 36.6 Å². The molecule has 0 aliphatic carbocycles. The summed E-state index contributed by atoms with van der Waals surface area (Å²) in [5.41, 5.74) is 3.52. The van der Waals surface area contributed by atoms with Crippen molar-refractivity contribution in [2.24, 2.45) is 0 Å². The van der Waals surface area contributed by atoms with Crippen LogP contribution in [0.25, 0.3) is 11.3 Å². The largest absolute Gasteiger partial charge is 0.543 e. The van der Waals surface area contributed by atoms with Crippen molar-refractivity contribution in [2.45, 2.75) is 97.7 Å². The van der Waals surface area contributed by atoms with Crippen LogP contribution in [0.1, 0.15) is 59.6 Å². The summed E-state index contributed by atoms with van der Waals surface area (Å²) in [6.07, 6.45) is 2.68. The standard InChI is InChI=1S/C29H44N4O4Si2/c1-12-22-17-24(25-20-32(31-30-25)19-21-14-13-15-23(16-21)33(34)35)27(37-39(10,11)29(5,6)7)18-26(22)36-38(8,9)28(2,3)4/h13-18,20H,12,19H2,1-11H3. The van der Waals surface area contributed by atoms with Crippen LogP contribution in [0.3, 0.4) is 0 Å². The zero-order chi connectivity index (χ0) is 29.4. The lowest BCUT2D eigenvalue weighted by Crippen LogP contribution is -2.44. The fraction of sp³-hybridized carbons (Fsp3) is 0.517. The maximum Gasteiger partial charge on any atom is 0.269 e. The van der Waals surface area contributed by atoms with Crippen molar-refractivity contribution in [1.29, 1.82) is 0 Å². The van der Waals surface area contributed by atoms with E-state index in [0.717, 1.165) is 34.6 Å². The number of hydrogen-bond donors (Lipinski definition) is 0. The van der Waals surface area contributed by atoms with Crippen molar-refractivity contribution in [1.82, 2.24) is 15.0 Å². The summed E-state index contributed by atoms with van der Waals surface area (Å²) in [6, 6.07) is 10.8. The summed E-state index contributed by atoms with van der Waals surface area (Å²) in [6.45, 7) is 24.9. The monoisotopic (exact) mass is 568 g/mol. The van der Waals surface area contributed by atoms with Gasteiger partial charge in [-0.3, -0.25) is 10.1 Å². The van der Waals surface area contributed by atoms with E-state index in [1.165, 1.54) is 6.07 Å². The van der Waals surface area contributed by atoms with E-state index >= 15 is 0 Å². The number of non-ortho nitro benzene ring substituents is 1. The summed E-state index contributed by atoms with van der Waals surface area (Å²) in [4.78, 5) is 10.8. The van der Waals surface area contributed by atoms with Crippen LogP contribution in [0.15, 0.2) is 42.6 Å². The molecular formula is C29H44N4O4Si2. The number of aromatic nitrogens is 3. The lowest BCUT2D eigenvalue weighted by Gasteiger charge is -2.39. The molecule has 39 heavy (non-hydrogen) atoms. The summed E-state index contributed by atoms with van der Waals surface area (Å²) >= 11 is 0.